The van der Waals surface area contributed by atoms with Gasteiger partial charge in [0, 0.05) is 6.54 Å². The summed E-state index contributed by atoms with van der Waals surface area (Å²) in [6, 6.07) is 5.34. The Labute approximate surface area is 82.8 Å². The molecule has 1 rings (SSSR count). The maximum atomic E-state index is 9.27. The van der Waals surface area contributed by atoms with E-state index in [9.17, 15) is 5.11 Å². The lowest BCUT2D eigenvalue weighted by molar-refractivity contribution is 0.183. The third-order valence-corrected chi connectivity index (χ3v) is 1.92. The van der Waals surface area contributed by atoms with Crippen LogP contribution in [0.1, 0.15) is 13.3 Å². The molecule has 0 fully saturated rings. The van der Waals surface area contributed by atoms with E-state index in [1.54, 1.807) is 6.07 Å². The Hall–Kier alpha value is -0.800. The van der Waals surface area contributed by atoms with Gasteiger partial charge in [0.1, 0.15) is 11.0 Å². The van der Waals surface area contributed by atoms with Crippen molar-refractivity contribution in [3.05, 3.63) is 23.4 Å². The molecule has 4 heteroatoms. The first kappa shape index (κ1) is 10.3. The Bertz CT molecular complexity index is 268. The van der Waals surface area contributed by atoms with Gasteiger partial charge in [0.15, 0.2) is 0 Å². The molecule has 72 valence electrons. The molecule has 1 aromatic heterocycles. The highest BCUT2D eigenvalue weighted by atomic mass is 35.5. The minimum absolute atomic E-state index is 0.333. The number of anilines is 1. The first-order valence-corrected chi connectivity index (χ1v) is 4.64. The second-order valence-corrected chi connectivity index (χ2v) is 3.18. The van der Waals surface area contributed by atoms with Crippen molar-refractivity contribution in [2.75, 3.05) is 11.9 Å². The number of halogens is 1. The highest BCUT2D eigenvalue weighted by molar-refractivity contribution is 6.29. The molecule has 2 N–H and O–H groups in total. The van der Waals surface area contributed by atoms with Crippen molar-refractivity contribution in [3.8, 4) is 0 Å². The molecule has 0 aliphatic carbocycles. The Morgan fingerprint density at radius 1 is 1.62 bits per heavy atom. The second-order valence-electron chi connectivity index (χ2n) is 2.79. The fourth-order valence-corrected chi connectivity index (χ4v) is 1.04. The summed E-state index contributed by atoms with van der Waals surface area (Å²) in [5.74, 6) is 0.694. The third-order valence-electron chi connectivity index (χ3n) is 1.71. The third kappa shape index (κ3) is 3.61. The summed E-state index contributed by atoms with van der Waals surface area (Å²) in [5.41, 5.74) is 0. The molecule has 0 bridgehead atoms. The van der Waals surface area contributed by atoms with Gasteiger partial charge in [-0.15, -0.1) is 0 Å². The predicted octanol–water partition coefficient (Wildman–Crippen LogP) is 1.92. The first-order valence-electron chi connectivity index (χ1n) is 4.27. The Kier molecular flexibility index (Phi) is 3.99. The fourth-order valence-electron chi connectivity index (χ4n) is 0.873. The van der Waals surface area contributed by atoms with Crippen LogP contribution in [0.3, 0.4) is 0 Å². The van der Waals surface area contributed by atoms with Gasteiger partial charge < -0.3 is 10.4 Å². The number of hydrogen-bond donors (Lipinski definition) is 2. The monoisotopic (exact) mass is 200 g/mol. The Balaban J connectivity index is 2.45. The number of aliphatic hydroxyl groups is 1. The quantitative estimate of drug-likeness (QED) is 0.730. The molecular formula is C9H13ClN2O. The number of rotatable bonds is 4. The molecule has 0 radical (unpaired) electrons. The number of pyridine rings is 1. The smallest absolute Gasteiger partial charge is 0.131 e. The number of aliphatic hydroxyl groups excluding tert-OH is 1. The minimum atomic E-state index is -0.333. The van der Waals surface area contributed by atoms with E-state index in [0.717, 1.165) is 6.42 Å². The highest BCUT2D eigenvalue weighted by Crippen LogP contribution is 2.08. The maximum Gasteiger partial charge on any atom is 0.131 e. The van der Waals surface area contributed by atoms with E-state index in [1.807, 2.05) is 19.1 Å². The molecule has 0 aromatic carbocycles. The van der Waals surface area contributed by atoms with Crippen LogP contribution >= 0.6 is 11.6 Å². The molecule has 1 unspecified atom stereocenters. The van der Waals surface area contributed by atoms with Crippen molar-refractivity contribution in [2.24, 2.45) is 0 Å². The molecule has 0 aliphatic heterocycles. The number of aromatic nitrogens is 1. The van der Waals surface area contributed by atoms with Crippen LogP contribution in [0.25, 0.3) is 0 Å². The van der Waals surface area contributed by atoms with Crippen molar-refractivity contribution in [3.63, 3.8) is 0 Å². The van der Waals surface area contributed by atoms with Crippen molar-refractivity contribution >= 4 is 17.4 Å². The van der Waals surface area contributed by atoms with E-state index < -0.39 is 0 Å². The van der Waals surface area contributed by atoms with E-state index in [0.29, 0.717) is 17.5 Å². The Morgan fingerprint density at radius 2 is 2.38 bits per heavy atom. The van der Waals surface area contributed by atoms with Crippen LogP contribution in [-0.4, -0.2) is 22.7 Å². The zero-order chi connectivity index (χ0) is 9.68. The van der Waals surface area contributed by atoms with Gasteiger partial charge in [-0.25, -0.2) is 4.98 Å². The summed E-state index contributed by atoms with van der Waals surface area (Å²) >= 11 is 5.68. The van der Waals surface area contributed by atoms with Gasteiger partial charge in [-0.2, -0.15) is 0 Å². The van der Waals surface area contributed by atoms with Gasteiger partial charge in [-0.1, -0.05) is 24.6 Å². The Morgan fingerprint density at radius 3 is 3.00 bits per heavy atom. The van der Waals surface area contributed by atoms with Crippen LogP contribution in [0.5, 0.6) is 0 Å². The van der Waals surface area contributed by atoms with Crippen LogP contribution in [-0.2, 0) is 0 Å². The molecule has 1 atom stereocenters. The van der Waals surface area contributed by atoms with Gasteiger partial charge in [0.2, 0.25) is 0 Å². The second kappa shape index (κ2) is 5.04. The van der Waals surface area contributed by atoms with Crippen molar-refractivity contribution in [2.45, 2.75) is 19.4 Å². The summed E-state index contributed by atoms with van der Waals surface area (Å²) < 4.78 is 0. The topological polar surface area (TPSA) is 45.1 Å². The van der Waals surface area contributed by atoms with Crippen LogP contribution in [0.2, 0.25) is 5.15 Å². The van der Waals surface area contributed by atoms with E-state index >= 15 is 0 Å². The molecular weight excluding hydrogens is 188 g/mol. The van der Waals surface area contributed by atoms with Crippen molar-refractivity contribution < 1.29 is 5.11 Å². The number of nitrogens with zero attached hydrogens (tertiary/aromatic N) is 1. The summed E-state index contributed by atoms with van der Waals surface area (Å²) in [7, 11) is 0. The van der Waals surface area contributed by atoms with Gasteiger partial charge in [-0.3, -0.25) is 0 Å². The molecule has 1 aromatic rings. The largest absolute Gasteiger partial charge is 0.391 e. The predicted molar refractivity (Wildman–Crippen MR) is 54.0 cm³/mol. The van der Waals surface area contributed by atoms with E-state index in [2.05, 4.69) is 10.3 Å². The molecule has 0 saturated heterocycles. The summed E-state index contributed by atoms with van der Waals surface area (Å²) in [6.45, 7) is 2.43. The highest BCUT2D eigenvalue weighted by Gasteiger charge is 2.00. The zero-order valence-corrected chi connectivity index (χ0v) is 8.25. The zero-order valence-electron chi connectivity index (χ0n) is 7.50. The molecule has 0 amide bonds. The number of hydrogen-bond acceptors (Lipinski definition) is 3. The molecule has 1 heterocycles. The van der Waals surface area contributed by atoms with Crippen LogP contribution in [0.15, 0.2) is 18.2 Å². The number of nitrogens with one attached hydrogen (secondary N) is 1. The summed E-state index contributed by atoms with van der Waals surface area (Å²) in [4.78, 5) is 4.02. The van der Waals surface area contributed by atoms with Gasteiger partial charge >= 0.3 is 0 Å². The van der Waals surface area contributed by atoms with E-state index in [4.69, 9.17) is 11.6 Å². The lowest BCUT2D eigenvalue weighted by Crippen LogP contribution is -2.18. The molecule has 0 saturated carbocycles. The average Bonchev–Trinajstić information content (AvgIpc) is 2.14. The SMILES string of the molecule is CCC(O)CNc1cccc(Cl)n1. The summed E-state index contributed by atoms with van der Waals surface area (Å²) in [6.07, 6.45) is 0.397. The van der Waals surface area contributed by atoms with Crippen LogP contribution in [0, 0.1) is 0 Å². The summed E-state index contributed by atoms with van der Waals surface area (Å²) in [5, 5.41) is 12.7. The first-order chi connectivity index (χ1) is 6.22. The van der Waals surface area contributed by atoms with Gasteiger partial charge in [0.05, 0.1) is 6.10 Å². The molecule has 0 spiro atoms. The van der Waals surface area contributed by atoms with Gasteiger partial charge in [0.25, 0.3) is 0 Å². The molecule has 3 nitrogen and oxygen atoms in total. The van der Waals surface area contributed by atoms with Crippen LogP contribution < -0.4 is 5.32 Å². The van der Waals surface area contributed by atoms with Crippen molar-refractivity contribution in [1.29, 1.82) is 0 Å². The van der Waals surface area contributed by atoms with Gasteiger partial charge in [-0.05, 0) is 18.6 Å². The molecule has 0 aliphatic rings. The van der Waals surface area contributed by atoms with Crippen LogP contribution in [0.4, 0.5) is 5.82 Å². The fraction of sp³-hybridized carbons (Fsp3) is 0.444. The standard InChI is InChI=1S/C9H13ClN2O/c1-2-7(13)6-11-9-5-3-4-8(10)12-9/h3-5,7,13H,2,6H2,1H3,(H,11,12). The average molecular weight is 201 g/mol. The normalized spacial score (nSPS) is 12.5. The van der Waals surface area contributed by atoms with E-state index in [1.165, 1.54) is 0 Å². The minimum Gasteiger partial charge on any atom is -0.391 e. The molecule has 13 heavy (non-hydrogen) atoms. The maximum absolute atomic E-state index is 9.27. The lowest BCUT2D eigenvalue weighted by atomic mass is 10.3. The van der Waals surface area contributed by atoms with E-state index in [-0.39, 0.29) is 6.10 Å². The lowest BCUT2D eigenvalue weighted by Gasteiger charge is -2.09. The van der Waals surface area contributed by atoms with Crippen molar-refractivity contribution in [1.82, 2.24) is 4.98 Å².